The Morgan fingerprint density at radius 3 is 2.71 bits per heavy atom. The molecule has 21 heavy (non-hydrogen) atoms. The third kappa shape index (κ3) is 2.55. The van der Waals surface area contributed by atoms with E-state index in [-0.39, 0.29) is 5.56 Å². The number of hydrogen-bond donors (Lipinski definition) is 2. The topological polar surface area (TPSA) is 80.0 Å². The summed E-state index contributed by atoms with van der Waals surface area (Å²) in [6, 6.07) is 7.33. The van der Waals surface area contributed by atoms with Crippen molar-refractivity contribution in [2.24, 2.45) is 7.05 Å². The molecule has 0 unspecified atom stereocenters. The summed E-state index contributed by atoms with van der Waals surface area (Å²) in [5.74, 6) is -0.308. The van der Waals surface area contributed by atoms with E-state index in [1.165, 1.54) is 6.20 Å². The predicted molar refractivity (Wildman–Crippen MR) is 79.2 cm³/mol. The molecule has 2 heterocycles. The molecule has 6 heteroatoms. The number of pyridine rings is 1. The van der Waals surface area contributed by atoms with Gasteiger partial charge in [0.2, 0.25) is 0 Å². The van der Waals surface area contributed by atoms with Crippen LogP contribution in [0.3, 0.4) is 0 Å². The molecular weight excluding hydrogens is 268 g/mol. The molecule has 0 saturated heterocycles. The number of aromatic nitrogens is 3. The zero-order chi connectivity index (χ0) is 14.8. The van der Waals surface area contributed by atoms with Gasteiger partial charge >= 0.3 is 5.97 Å². The van der Waals surface area contributed by atoms with Crippen LogP contribution in [-0.4, -0.2) is 25.8 Å². The molecule has 0 bridgehead atoms. The molecule has 2 N–H and O–H groups in total. The maximum atomic E-state index is 11.2. The number of nitrogens with zero attached hydrogens (tertiary/aromatic N) is 3. The minimum Gasteiger partial charge on any atom is -0.478 e. The molecule has 1 aromatic carbocycles. The standard InChI is InChI=1S/C15H14N4O2/c1-19-9-10(7-18-19)6-16-14-12-5-3-2-4-11(12)13(8-17-14)15(20)21/h2-5,7-9H,6H2,1H3,(H,16,17)(H,20,21). The van der Waals surface area contributed by atoms with Gasteiger partial charge in [-0.2, -0.15) is 5.10 Å². The number of aryl methyl sites for hydroxylation is 1. The molecule has 3 aromatic rings. The highest BCUT2D eigenvalue weighted by molar-refractivity contribution is 6.06. The Balaban J connectivity index is 1.96. The second-order valence-electron chi connectivity index (χ2n) is 4.75. The monoisotopic (exact) mass is 282 g/mol. The number of hydrogen-bond acceptors (Lipinski definition) is 4. The third-order valence-corrected chi connectivity index (χ3v) is 3.24. The highest BCUT2D eigenvalue weighted by Crippen LogP contribution is 2.24. The normalized spacial score (nSPS) is 10.7. The Kier molecular flexibility index (Phi) is 3.27. The van der Waals surface area contributed by atoms with Crippen LogP contribution in [0, 0.1) is 0 Å². The van der Waals surface area contributed by atoms with Crippen LogP contribution in [0.1, 0.15) is 15.9 Å². The largest absolute Gasteiger partial charge is 0.478 e. The molecule has 0 aliphatic heterocycles. The van der Waals surface area contributed by atoms with Gasteiger partial charge in [0.05, 0.1) is 11.8 Å². The first-order valence-corrected chi connectivity index (χ1v) is 6.47. The van der Waals surface area contributed by atoms with Gasteiger partial charge in [0, 0.05) is 42.3 Å². The predicted octanol–water partition coefficient (Wildman–Crippen LogP) is 2.28. The summed E-state index contributed by atoms with van der Waals surface area (Å²) >= 11 is 0. The van der Waals surface area contributed by atoms with Gasteiger partial charge in [-0.25, -0.2) is 9.78 Å². The fourth-order valence-corrected chi connectivity index (χ4v) is 2.25. The summed E-state index contributed by atoms with van der Waals surface area (Å²) in [4.78, 5) is 15.5. The van der Waals surface area contributed by atoms with Crippen molar-refractivity contribution in [3.63, 3.8) is 0 Å². The molecule has 0 aliphatic carbocycles. The number of rotatable bonds is 4. The van der Waals surface area contributed by atoms with E-state index in [1.807, 2.05) is 31.4 Å². The molecular formula is C15H14N4O2. The summed E-state index contributed by atoms with van der Waals surface area (Å²) in [6.45, 7) is 0.581. The van der Waals surface area contributed by atoms with Crippen LogP contribution in [0.2, 0.25) is 0 Å². The highest BCUT2D eigenvalue weighted by Gasteiger charge is 2.12. The van der Waals surface area contributed by atoms with Crippen molar-refractivity contribution in [2.45, 2.75) is 6.54 Å². The molecule has 3 rings (SSSR count). The van der Waals surface area contributed by atoms with Gasteiger partial charge in [0.1, 0.15) is 5.82 Å². The van der Waals surface area contributed by atoms with E-state index < -0.39 is 5.97 Å². The number of aromatic carboxylic acids is 1. The zero-order valence-corrected chi connectivity index (χ0v) is 11.4. The lowest BCUT2D eigenvalue weighted by molar-refractivity contribution is 0.0698. The molecule has 106 valence electrons. The van der Waals surface area contributed by atoms with Crippen molar-refractivity contribution in [1.29, 1.82) is 0 Å². The van der Waals surface area contributed by atoms with Gasteiger partial charge in [-0.05, 0) is 0 Å². The van der Waals surface area contributed by atoms with Crippen LogP contribution in [0.5, 0.6) is 0 Å². The van der Waals surface area contributed by atoms with Crippen LogP contribution in [0.4, 0.5) is 5.82 Å². The van der Waals surface area contributed by atoms with Gasteiger partial charge in [-0.3, -0.25) is 4.68 Å². The minimum atomic E-state index is -0.975. The minimum absolute atomic E-state index is 0.206. The van der Waals surface area contributed by atoms with E-state index in [9.17, 15) is 9.90 Å². The van der Waals surface area contributed by atoms with Gasteiger partial charge in [-0.1, -0.05) is 24.3 Å². The average molecular weight is 282 g/mol. The molecule has 0 spiro atoms. The van der Waals surface area contributed by atoms with Crippen molar-refractivity contribution in [3.05, 3.63) is 54.0 Å². The second-order valence-corrected chi connectivity index (χ2v) is 4.75. The second kappa shape index (κ2) is 5.24. The Morgan fingerprint density at radius 1 is 1.29 bits per heavy atom. The fraction of sp³-hybridized carbons (Fsp3) is 0.133. The lowest BCUT2D eigenvalue weighted by Crippen LogP contribution is -2.05. The lowest BCUT2D eigenvalue weighted by atomic mass is 10.1. The summed E-state index contributed by atoms with van der Waals surface area (Å²) in [7, 11) is 1.86. The Bertz CT molecular complexity index is 810. The first-order valence-electron chi connectivity index (χ1n) is 6.47. The number of anilines is 1. The lowest BCUT2D eigenvalue weighted by Gasteiger charge is -2.09. The van der Waals surface area contributed by atoms with Crippen LogP contribution in [0.15, 0.2) is 42.9 Å². The van der Waals surface area contributed by atoms with Crippen molar-refractivity contribution in [3.8, 4) is 0 Å². The van der Waals surface area contributed by atoms with Crippen LogP contribution < -0.4 is 5.32 Å². The summed E-state index contributed by atoms with van der Waals surface area (Å²) in [5, 5.41) is 18.0. The summed E-state index contributed by atoms with van der Waals surface area (Å²) in [5.41, 5.74) is 1.24. The molecule has 2 aromatic heterocycles. The number of fused-ring (bicyclic) bond motifs is 1. The van der Waals surface area contributed by atoms with Crippen LogP contribution >= 0.6 is 0 Å². The van der Waals surface area contributed by atoms with E-state index in [2.05, 4.69) is 15.4 Å². The number of carboxylic acids is 1. The van der Waals surface area contributed by atoms with E-state index in [1.54, 1.807) is 16.9 Å². The molecule has 6 nitrogen and oxygen atoms in total. The SMILES string of the molecule is Cn1cc(CNc2ncc(C(=O)O)c3ccccc23)cn1. The van der Waals surface area contributed by atoms with Crippen molar-refractivity contribution >= 4 is 22.6 Å². The van der Waals surface area contributed by atoms with Crippen molar-refractivity contribution < 1.29 is 9.90 Å². The first kappa shape index (κ1) is 13.1. The van der Waals surface area contributed by atoms with Gasteiger partial charge in [0.25, 0.3) is 0 Å². The van der Waals surface area contributed by atoms with Crippen LogP contribution in [-0.2, 0) is 13.6 Å². The maximum absolute atomic E-state index is 11.2. The molecule has 0 aliphatic rings. The molecule has 0 atom stereocenters. The van der Waals surface area contributed by atoms with E-state index in [0.717, 1.165) is 10.9 Å². The van der Waals surface area contributed by atoms with E-state index in [4.69, 9.17) is 0 Å². The maximum Gasteiger partial charge on any atom is 0.337 e. The molecule has 0 amide bonds. The van der Waals surface area contributed by atoms with Crippen molar-refractivity contribution in [1.82, 2.24) is 14.8 Å². The Hall–Kier alpha value is -2.89. The van der Waals surface area contributed by atoms with Crippen molar-refractivity contribution in [2.75, 3.05) is 5.32 Å². The summed E-state index contributed by atoms with van der Waals surface area (Å²) in [6.07, 6.45) is 5.08. The number of carboxylic acid groups (broad SMARTS) is 1. The van der Waals surface area contributed by atoms with Gasteiger partial charge < -0.3 is 10.4 Å². The van der Waals surface area contributed by atoms with Gasteiger partial charge in [-0.15, -0.1) is 0 Å². The first-order chi connectivity index (χ1) is 10.1. The highest BCUT2D eigenvalue weighted by atomic mass is 16.4. The Morgan fingerprint density at radius 2 is 2.05 bits per heavy atom. The third-order valence-electron chi connectivity index (χ3n) is 3.24. The number of carbonyl (C=O) groups is 1. The smallest absolute Gasteiger partial charge is 0.337 e. The molecule has 0 fully saturated rings. The van der Waals surface area contributed by atoms with E-state index in [0.29, 0.717) is 17.7 Å². The Labute approximate surface area is 121 Å². The quantitative estimate of drug-likeness (QED) is 0.767. The zero-order valence-electron chi connectivity index (χ0n) is 11.4. The number of nitrogens with one attached hydrogen (secondary N) is 1. The molecule has 0 radical (unpaired) electrons. The summed E-state index contributed by atoms with van der Waals surface area (Å²) < 4.78 is 1.73. The molecule has 0 saturated carbocycles. The fourth-order valence-electron chi connectivity index (χ4n) is 2.25. The number of benzene rings is 1. The average Bonchev–Trinajstić information content (AvgIpc) is 2.90. The van der Waals surface area contributed by atoms with Gasteiger partial charge in [0.15, 0.2) is 0 Å². The van der Waals surface area contributed by atoms with E-state index >= 15 is 0 Å². The van der Waals surface area contributed by atoms with Crippen LogP contribution in [0.25, 0.3) is 10.8 Å².